The second-order valence-corrected chi connectivity index (χ2v) is 8.12. The number of ether oxygens (including phenoxy) is 1. The zero-order valence-electron chi connectivity index (χ0n) is 16.2. The summed E-state index contributed by atoms with van der Waals surface area (Å²) in [6.45, 7) is 5.03. The zero-order valence-corrected chi connectivity index (χ0v) is 17.0. The molecule has 9 heteroatoms. The molecule has 0 saturated heterocycles. The maximum absolute atomic E-state index is 12.9. The lowest BCUT2D eigenvalue weighted by molar-refractivity contribution is -0.0964. The summed E-state index contributed by atoms with van der Waals surface area (Å²) >= 11 is 4.76. The van der Waals surface area contributed by atoms with Crippen LogP contribution in [0.1, 0.15) is 29.8 Å². The first-order valence-corrected chi connectivity index (χ1v) is 9.59. The second kappa shape index (κ2) is 7.28. The molecule has 1 aliphatic heterocycles. The summed E-state index contributed by atoms with van der Waals surface area (Å²) < 4.78 is 29.7. The van der Waals surface area contributed by atoms with Crippen LogP contribution in [-0.2, 0) is 5.41 Å². The Balaban J connectivity index is 1.62. The summed E-state index contributed by atoms with van der Waals surface area (Å²) in [6, 6.07) is 11.0. The number of alkyl halides is 3. The molecular formula is C21H19ClF2N4O2. The molecule has 0 aliphatic carbocycles. The van der Waals surface area contributed by atoms with Crippen LogP contribution in [0, 0.1) is 0 Å². The molecule has 3 aromatic rings. The Kier molecular flexibility index (Phi) is 4.89. The van der Waals surface area contributed by atoms with Crippen LogP contribution in [0.5, 0.6) is 5.75 Å². The summed E-state index contributed by atoms with van der Waals surface area (Å²) in [6.07, 6.45) is 1.66. The van der Waals surface area contributed by atoms with Crippen molar-refractivity contribution < 1.29 is 18.3 Å². The number of rotatable bonds is 5. The number of aromatic amines is 1. The van der Waals surface area contributed by atoms with E-state index < -0.39 is 5.57 Å². The minimum atomic E-state index is -3.79. The van der Waals surface area contributed by atoms with Crippen LogP contribution in [0.15, 0.2) is 48.7 Å². The van der Waals surface area contributed by atoms with Gasteiger partial charge in [0.25, 0.3) is 5.91 Å². The molecule has 0 bridgehead atoms. The summed E-state index contributed by atoms with van der Waals surface area (Å²) in [5.41, 5.74) is 0.722. The van der Waals surface area contributed by atoms with Gasteiger partial charge in [0.15, 0.2) is 0 Å². The fourth-order valence-electron chi connectivity index (χ4n) is 3.61. The number of H-pyrrole nitrogens is 1. The fourth-order valence-corrected chi connectivity index (χ4v) is 3.70. The SMILES string of the molecule is CC1(C)CNc2cc(C(=O)Nc3ccc(OC(F)(F)Cl)cc3)cc(-c3ccn[nH]3)c21. The lowest BCUT2D eigenvalue weighted by atomic mass is 9.82. The van der Waals surface area contributed by atoms with Crippen molar-refractivity contribution in [3.8, 4) is 17.0 Å². The van der Waals surface area contributed by atoms with Gasteiger partial charge >= 0.3 is 5.57 Å². The van der Waals surface area contributed by atoms with Crippen LogP contribution in [0.25, 0.3) is 11.3 Å². The molecular weight excluding hydrogens is 414 g/mol. The monoisotopic (exact) mass is 432 g/mol. The Morgan fingerprint density at radius 1 is 1.23 bits per heavy atom. The molecule has 0 atom stereocenters. The van der Waals surface area contributed by atoms with Crippen molar-refractivity contribution in [2.75, 3.05) is 17.2 Å². The van der Waals surface area contributed by atoms with Crippen LogP contribution in [0.2, 0.25) is 0 Å². The molecule has 1 amide bonds. The number of hydrogen-bond donors (Lipinski definition) is 3. The van der Waals surface area contributed by atoms with Gasteiger partial charge in [-0.25, -0.2) is 0 Å². The van der Waals surface area contributed by atoms with Gasteiger partial charge in [-0.2, -0.15) is 5.10 Å². The minimum absolute atomic E-state index is 0.106. The van der Waals surface area contributed by atoms with Gasteiger partial charge in [0.1, 0.15) is 5.75 Å². The number of nitrogens with one attached hydrogen (secondary N) is 3. The van der Waals surface area contributed by atoms with Crippen molar-refractivity contribution in [3.63, 3.8) is 0 Å². The minimum Gasteiger partial charge on any atom is -0.420 e. The number of amides is 1. The topological polar surface area (TPSA) is 79.0 Å². The summed E-state index contributed by atoms with van der Waals surface area (Å²) in [7, 11) is 0. The Morgan fingerprint density at radius 3 is 2.60 bits per heavy atom. The Morgan fingerprint density at radius 2 is 1.97 bits per heavy atom. The van der Waals surface area contributed by atoms with Crippen LogP contribution < -0.4 is 15.4 Å². The summed E-state index contributed by atoms with van der Waals surface area (Å²) in [5.74, 6) is -0.445. The molecule has 0 spiro atoms. The highest BCUT2D eigenvalue weighted by Gasteiger charge is 2.34. The fraction of sp³-hybridized carbons (Fsp3) is 0.238. The molecule has 3 N–H and O–H groups in total. The number of carbonyl (C=O) groups excluding carboxylic acids is 1. The lowest BCUT2D eigenvalue weighted by Gasteiger charge is -2.21. The standard InChI is InChI=1S/C21H19ClF2N4O2/c1-20(2)11-25-17-10-12(9-15(18(17)20)16-7-8-26-28-16)19(29)27-13-3-5-14(6-4-13)30-21(22,23)24/h3-10,25H,11H2,1-2H3,(H,26,28)(H,27,29). The van der Waals surface area contributed by atoms with Gasteiger partial charge in [0.2, 0.25) is 0 Å². The summed E-state index contributed by atoms with van der Waals surface area (Å²) in [5, 5.41) is 13.1. The third-order valence-corrected chi connectivity index (χ3v) is 5.01. The van der Waals surface area contributed by atoms with Crippen LogP contribution in [-0.4, -0.2) is 28.2 Å². The molecule has 30 heavy (non-hydrogen) atoms. The van der Waals surface area contributed by atoms with E-state index in [1.54, 1.807) is 6.20 Å². The molecule has 0 unspecified atom stereocenters. The van der Waals surface area contributed by atoms with Crippen molar-refractivity contribution >= 4 is 28.9 Å². The van der Waals surface area contributed by atoms with Gasteiger partial charge in [-0.3, -0.25) is 9.89 Å². The first-order chi connectivity index (χ1) is 14.1. The second-order valence-electron chi connectivity index (χ2n) is 7.68. The number of carbonyl (C=O) groups is 1. The molecule has 156 valence electrons. The van der Waals surface area contributed by atoms with Crippen LogP contribution >= 0.6 is 11.6 Å². The van der Waals surface area contributed by atoms with Gasteiger partial charge in [-0.1, -0.05) is 13.8 Å². The van der Waals surface area contributed by atoms with Crippen LogP contribution in [0.4, 0.5) is 20.2 Å². The Bertz CT molecular complexity index is 1080. The molecule has 1 aliphatic rings. The molecule has 0 radical (unpaired) electrons. The average molecular weight is 433 g/mol. The predicted octanol–water partition coefficient (Wildman–Crippen LogP) is 5.20. The van der Waals surface area contributed by atoms with E-state index in [2.05, 4.69) is 39.4 Å². The van der Waals surface area contributed by atoms with Gasteiger partial charge in [-0.15, -0.1) is 8.78 Å². The highest BCUT2D eigenvalue weighted by Crippen LogP contribution is 2.43. The number of halogens is 3. The van der Waals surface area contributed by atoms with Crippen molar-refractivity contribution in [3.05, 3.63) is 59.8 Å². The molecule has 2 heterocycles. The zero-order chi connectivity index (χ0) is 21.5. The number of benzene rings is 2. The van der Waals surface area contributed by atoms with Gasteiger partial charge in [0.05, 0.1) is 5.69 Å². The molecule has 0 fully saturated rings. The van der Waals surface area contributed by atoms with Gasteiger partial charge in [-0.05, 0) is 48.0 Å². The van der Waals surface area contributed by atoms with Gasteiger partial charge < -0.3 is 15.4 Å². The van der Waals surface area contributed by atoms with E-state index in [9.17, 15) is 13.6 Å². The highest BCUT2D eigenvalue weighted by atomic mass is 35.5. The maximum atomic E-state index is 12.9. The number of hydrogen-bond acceptors (Lipinski definition) is 4. The smallest absolute Gasteiger partial charge is 0.420 e. The van der Waals surface area contributed by atoms with Gasteiger partial charge in [0, 0.05) is 52.3 Å². The third-order valence-electron chi connectivity index (χ3n) is 4.93. The number of nitrogens with zero attached hydrogens (tertiary/aromatic N) is 1. The Labute approximate surface area is 176 Å². The molecule has 1 aromatic heterocycles. The Hall–Kier alpha value is -3.13. The van der Waals surface area contributed by atoms with E-state index in [1.165, 1.54) is 24.3 Å². The highest BCUT2D eigenvalue weighted by molar-refractivity contribution is 6.20. The van der Waals surface area contributed by atoms with E-state index in [1.807, 2.05) is 18.2 Å². The normalized spacial score (nSPS) is 14.7. The van der Waals surface area contributed by atoms with E-state index >= 15 is 0 Å². The molecule has 2 aromatic carbocycles. The van der Waals surface area contributed by atoms with Crippen LogP contribution in [0.3, 0.4) is 0 Å². The van der Waals surface area contributed by atoms with Crippen molar-refractivity contribution in [2.24, 2.45) is 0 Å². The number of fused-ring (bicyclic) bond motifs is 1. The van der Waals surface area contributed by atoms with Crippen molar-refractivity contribution in [1.82, 2.24) is 10.2 Å². The first-order valence-electron chi connectivity index (χ1n) is 9.22. The lowest BCUT2D eigenvalue weighted by Crippen LogP contribution is -2.20. The molecule has 4 rings (SSSR count). The quantitative estimate of drug-likeness (QED) is 0.484. The summed E-state index contributed by atoms with van der Waals surface area (Å²) in [4.78, 5) is 12.9. The third kappa shape index (κ3) is 4.09. The number of aromatic nitrogens is 2. The molecule has 0 saturated carbocycles. The van der Waals surface area contributed by atoms with E-state index in [-0.39, 0.29) is 17.1 Å². The largest absolute Gasteiger partial charge is 0.487 e. The van der Waals surface area contributed by atoms with Crippen molar-refractivity contribution in [1.29, 1.82) is 0 Å². The van der Waals surface area contributed by atoms with E-state index in [0.717, 1.165) is 29.1 Å². The number of anilines is 2. The first kappa shape index (κ1) is 20.2. The van der Waals surface area contributed by atoms with E-state index in [0.29, 0.717) is 11.3 Å². The maximum Gasteiger partial charge on any atom is 0.487 e. The average Bonchev–Trinajstić information content (AvgIpc) is 3.30. The van der Waals surface area contributed by atoms with Crippen molar-refractivity contribution in [2.45, 2.75) is 24.8 Å². The predicted molar refractivity (Wildman–Crippen MR) is 111 cm³/mol. The molecule has 6 nitrogen and oxygen atoms in total. The van der Waals surface area contributed by atoms with E-state index in [4.69, 9.17) is 11.6 Å².